The minimum absolute atomic E-state index is 0.259. The van der Waals surface area contributed by atoms with Crippen LogP contribution in [-0.2, 0) is 11.6 Å². The molecule has 0 aliphatic rings. The van der Waals surface area contributed by atoms with Crippen LogP contribution in [-0.4, -0.2) is 20.1 Å². The molecule has 0 saturated carbocycles. The van der Waals surface area contributed by atoms with Gasteiger partial charge < -0.3 is 4.52 Å². The first kappa shape index (κ1) is 11.3. The summed E-state index contributed by atoms with van der Waals surface area (Å²) in [5.41, 5.74) is 0.935. The maximum absolute atomic E-state index is 5.56. The SMILES string of the molecule is Cc1ccnc(SCc2nc(CCl)no2)n1. The fourth-order valence-electron chi connectivity index (χ4n) is 1.02. The van der Waals surface area contributed by atoms with E-state index < -0.39 is 0 Å². The third-order valence-electron chi connectivity index (χ3n) is 1.73. The van der Waals surface area contributed by atoms with Crippen molar-refractivity contribution in [1.29, 1.82) is 0 Å². The number of rotatable bonds is 4. The number of alkyl halides is 1. The third-order valence-corrected chi connectivity index (χ3v) is 2.81. The molecule has 2 aromatic heterocycles. The Hall–Kier alpha value is -1.14. The van der Waals surface area contributed by atoms with Gasteiger partial charge in [-0.15, -0.1) is 11.6 Å². The molecule has 0 spiro atoms. The second kappa shape index (κ2) is 5.27. The lowest BCUT2D eigenvalue weighted by molar-refractivity contribution is 0.386. The summed E-state index contributed by atoms with van der Waals surface area (Å²) in [5, 5.41) is 4.39. The van der Waals surface area contributed by atoms with Crippen molar-refractivity contribution in [2.75, 3.05) is 0 Å². The van der Waals surface area contributed by atoms with Gasteiger partial charge in [-0.25, -0.2) is 9.97 Å². The van der Waals surface area contributed by atoms with Crippen LogP contribution in [0.25, 0.3) is 0 Å². The summed E-state index contributed by atoms with van der Waals surface area (Å²) in [6.45, 7) is 1.92. The number of halogens is 1. The summed E-state index contributed by atoms with van der Waals surface area (Å²) in [4.78, 5) is 12.4. The highest BCUT2D eigenvalue weighted by Gasteiger charge is 2.06. The Balaban J connectivity index is 1.96. The van der Waals surface area contributed by atoms with Gasteiger partial charge in [-0.05, 0) is 13.0 Å². The summed E-state index contributed by atoms with van der Waals surface area (Å²) >= 11 is 7.01. The molecule has 2 heterocycles. The fourth-order valence-corrected chi connectivity index (χ4v) is 1.85. The zero-order valence-corrected chi connectivity index (χ0v) is 10.1. The Kier molecular flexibility index (Phi) is 3.74. The van der Waals surface area contributed by atoms with Crippen LogP contribution in [0.1, 0.15) is 17.4 Å². The number of aromatic nitrogens is 4. The van der Waals surface area contributed by atoms with Gasteiger partial charge in [-0.2, -0.15) is 4.98 Å². The van der Waals surface area contributed by atoms with E-state index in [0.717, 1.165) is 5.69 Å². The Bertz CT molecular complexity index is 476. The average Bonchev–Trinajstić information content (AvgIpc) is 2.74. The van der Waals surface area contributed by atoms with Crippen LogP contribution in [0.5, 0.6) is 0 Å². The summed E-state index contributed by atoms with van der Waals surface area (Å²) in [6, 6.07) is 1.85. The van der Waals surface area contributed by atoms with Gasteiger partial charge in [0.15, 0.2) is 11.0 Å². The first-order valence-electron chi connectivity index (χ1n) is 4.58. The zero-order valence-electron chi connectivity index (χ0n) is 8.55. The number of nitrogens with zero attached hydrogens (tertiary/aromatic N) is 4. The largest absolute Gasteiger partial charge is 0.338 e. The topological polar surface area (TPSA) is 64.7 Å². The maximum atomic E-state index is 5.56. The van der Waals surface area contributed by atoms with Crippen LogP contribution >= 0.6 is 23.4 Å². The molecule has 0 atom stereocenters. The van der Waals surface area contributed by atoms with E-state index in [9.17, 15) is 0 Å². The van der Waals surface area contributed by atoms with Crippen LogP contribution in [0.15, 0.2) is 21.9 Å². The molecule has 0 aliphatic heterocycles. The Morgan fingerprint density at radius 2 is 2.31 bits per heavy atom. The smallest absolute Gasteiger partial charge is 0.237 e. The van der Waals surface area contributed by atoms with Crippen molar-refractivity contribution in [3.8, 4) is 0 Å². The molecule has 0 fully saturated rings. The molecule has 0 saturated heterocycles. The van der Waals surface area contributed by atoms with Crippen molar-refractivity contribution in [3.63, 3.8) is 0 Å². The predicted molar refractivity (Wildman–Crippen MR) is 60.2 cm³/mol. The predicted octanol–water partition coefficient (Wildman–Crippen LogP) is 2.20. The molecular weight excluding hydrogens is 248 g/mol. The maximum Gasteiger partial charge on any atom is 0.237 e. The molecule has 2 rings (SSSR count). The van der Waals surface area contributed by atoms with E-state index in [4.69, 9.17) is 16.1 Å². The Morgan fingerprint density at radius 1 is 1.44 bits per heavy atom. The molecule has 0 N–H and O–H groups in total. The lowest BCUT2D eigenvalue weighted by atomic mass is 10.5. The summed E-state index contributed by atoms with van der Waals surface area (Å²) < 4.78 is 4.99. The van der Waals surface area contributed by atoms with E-state index in [1.807, 2.05) is 13.0 Å². The van der Waals surface area contributed by atoms with Crippen molar-refractivity contribution < 1.29 is 4.52 Å². The molecule has 16 heavy (non-hydrogen) atoms. The number of thioether (sulfide) groups is 1. The van der Waals surface area contributed by atoms with Crippen molar-refractivity contribution >= 4 is 23.4 Å². The first-order chi connectivity index (χ1) is 7.78. The van der Waals surface area contributed by atoms with E-state index in [1.54, 1.807) is 6.20 Å². The van der Waals surface area contributed by atoms with Gasteiger partial charge >= 0.3 is 0 Å². The van der Waals surface area contributed by atoms with Crippen LogP contribution in [0.4, 0.5) is 0 Å². The van der Waals surface area contributed by atoms with Crippen LogP contribution in [0.3, 0.4) is 0 Å². The standard InChI is InChI=1S/C9H9ClN4OS/c1-6-2-3-11-9(12-6)16-5-8-13-7(4-10)14-15-8/h2-3H,4-5H2,1H3. The molecule has 7 heteroatoms. The number of hydrogen-bond acceptors (Lipinski definition) is 6. The monoisotopic (exact) mass is 256 g/mol. The minimum Gasteiger partial charge on any atom is -0.338 e. The quantitative estimate of drug-likeness (QED) is 0.475. The third kappa shape index (κ3) is 2.93. The summed E-state index contributed by atoms with van der Waals surface area (Å²) in [5.74, 6) is 1.84. The normalized spacial score (nSPS) is 10.6. The molecular formula is C9H9ClN4OS. The summed E-state index contributed by atoms with van der Waals surface area (Å²) in [6.07, 6.45) is 1.72. The van der Waals surface area contributed by atoms with E-state index in [0.29, 0.717) is 22.6 Å². The molecule has 0 radical (unpaired) electrons. The van der Waals surface area contributed by atoms with Gasteiger partial charge in [-0.3, -0.25) is 0 Å². The number of aryl methyl sites for hydroxylation is 1. The molecule has 0 amide bonds. The minimum atomic E-state index is 0.259. The van der Waals surface area contributed by atoms with E-state index in [-0.39, 0.29) is 5.88 Å². The van der Waals surface area contributed by atoms with Crippen molar-refractivity contribution in [2.45, 2.75) is 23.7 Å². The highest BCUT2D eigenvalue weighted by atomic mass is 35.5. The van der Waals surface area contributed by atoms with Gasteiger partial charge in [0.05, 0.1) is 11.6 Å². The molecule has 0 unspecified atom stereocenters. The van der Waals surface area contributed by atoms with Crippen molar-refractivity contribution in [3.05, 3.63) is 29.7 Å². The molecule has 0 aromatic carbocycles. The summed E-state index contributed by atoms with van der Waals surface area (Å²) in [7, 11) is 0. The van der Waals surface area contributed by atoms with Gasteiger partial charge in [0.2, 0.25) is 5.89 Å². The molecule has 2 aromatic rings. The van der Waals surface area contributed by atoms with Crippen LogP contribution in [0, 0.1) is 6.92 Å². The Labute approximate surface area is 102 Å². The van der Waals surface area contributed by atoms with Crippen molar-refractivity contribution in [2.24, 2.45) is 0 Å². The molecule has 0 bridgehead atoms. The van der Waals surface area contributed by atoms with Crippen molar-refractivity contribution in [1.82, 2.24) is 20.1 Å². The molecule has 84 valence electrons. The molecule has 0 aliphatic carbocycles. The fraction of sp³-hybridized carbons (Fsp3) is 0.333. The van der Waals surface area contributed by atoms with E-state index in [2.05, 4.69) is 20.1 Å². The van der Waals surface area contributed by atoms with Gasteiger partial charge in [-0.1, -0.05) is 16.9 Å². The van der Waals surface area contributed by atoms with E-state index >= 15 is 0 Å². The Morgan fingerprint density at radius 3 is 3.00 bits per heavy atom. The van der Waals surface area contributed by atoms with Gasteiger partial charge in [0.1, 0.15) is 0 Å². The van der Waals surface area contributed by atoms with Gasteiger partial charge in [0, 0.05) is 11.9 Å². The lowest BCUT2D eigenvalue weighted by Gasteiger charge is -1.96. The number of hydrogen-bond donors (Lipinski definition) is 0. The van der Waals surface area contributed by atoms with Crippen LogP contribution < -0.4 is 0 Å². The zero-order chi connectivity index (χ0) is 11.4. The highest BCUT2D eigenvalue weighted by Crippen LogP contribution is 2.17. The molecule has 5 nitrogen and oxygen atoms in total. The second-order valence-electron chi connectivity index (χ2n) is 3.01. The lowest BCUT2D eigenvalue weighted by Crippen LogP contribution is -1.89. The van der Waals surface area contributed by atoms with Gasteiger partial charge in [0.25, 0.3) is 0 Å². The van der Waals surface area contributed by atoms with E-state index in [1.165, 1.54) is 11.8 Å². The highest BCUT2D eigenvalue weighted by molar-refractivity contribution is 7.98. The second-order valence-corrected chi connectivity index (χ2v) is 4.22. The van der Waals surface area contributed by atoms with Crippen LogP contribution in [0.2, 0.25) is 0 Å². The first-order valence-corrected chi connectivity index (χ1v) is 6.10. The average molecular weight is 257 g/mol.